The highest BCUT2D eigenvalue weighted by Gasteiger charge is 2.36. The van der Waals surface area contributed by atoms with Crippen LogP contribution in [0.4, 0.5) is 13.2 Å². The van der Waals surface area contributed by atoms with Crippen LogP contribution in [0, 0.1) is 0 Å². The average molecular weight is 425 g/mol. The number of benzene rings is 1. The summed E-state index contributed by atoms with van der Waals surface area (Å²) in [5, 5.41) is 21.0. The van der Waals surface area contributed by atoms with Crippen molar-refractivity contribution in [3.63, 3.8) is 0 Å². The molecule has 0 fully saturated rings. The Labute approximate surface area is 170 Å². The molecule has 0 radical (unpaired) electrons. The molecule has 0 aliphatic carbocycles. The largest absolute Gasteiger partial charge is 0.435 e. The van der Waals surface area contributed by atoms with Crippen LogP contribution in [-0.4, -0.2) is 33.9 Å². The number of hydrogen-bond acceptors (Lipinski definition) is 4. The van der Waals surface area contributed by atoms with Gasteiger partial charge in [0, 0.05) is 41.5 Å². The van der Waals surface area contributed by atoms with E-state index in [-0.39, 0.29) is 18.7 Å². The normalized spacial score (nSPS) is 13.7. The Bertz CT molecular complexity index is 962. The van der Waals surface area contributed by atoms with E-state index in [1.807, 2.05) is 37.3 Å². The number of aliphatic hydroxyl groups is 1. The maximum atomic E-state index is 13.1. The molecule has 0 aliphatic heterocycles. The van der Waals surface area contributed by atoms with Crippen LogP contribution < -0.4 is 10.6 Å². The third kappa shape index (κ3) is 5.27. The number of fused-ring (bicyclic) bond motifs is 1. The lowest BCUT2D eigenvalue weighted by Crippen LogP contribution is -2.39. The van der Waals surface area contributed by atoms with Crippen molar-refractivity contribution in [1.82, 2.24) is 20.4 Å². The minimum absolute atomic E-state index is 0.0118. The molecule has 156 valence electrons. The Morgan fingerprint density at radius 2 is 2.07 bits per heavy atom. The second kappa shape index (κ2) is 8.83. The van der Waals surface area contributed by atoms with Crippen molar-refractivity contribution in [2.24, 2.45) is 12.0 Å². The molecule has 1 atom stereocenters. The molecule has 2 aromatic heterocycles. The number of nitrogens with one attached hydrogen (secondary N) is 2. The summed E-state index contributed by atoms with van der Waals surface area (Å²) in [4.78, 5) is 5.02. The molecule has 3 N–H and O–H groups in total. The zero-order valence-corrected chi connectivity index (χ0v) is 16.8. The van der Waals surface area contributed by atoms with Crippen LogP contribution in [0.5, 0.6) is 0 Å². The maximum Gasteiger partial charge on any atom is 0.435 e. The van der Waals surface area contributed by atoms with Gasteiger partial charge in [0.1, 0.15) is 6.10 Å². The summed E-state index contributed by atoms with van der Waals surface area (Å²) in [5.41, 5.74) is -0.952. The first kappa shape index (κ1) is 21.1. The molecule has 3 rings (SSSR count). The molecule has 1 unspecified atom stereocenters. The maximum absolute atomic E-state index is 13.1. The highest BCUT2D eigenvalue weighted by Crippen LogP contribution is 2.31. The van der Waals surface area contributed by atoms with Crippen LogP contribution in [0.25, 0.3) is 10.1 Å². The lowest BCUT2D eigenvalue weighted by molar-refractivity contribution is -0.142. The zero-order chi connectivity index (χ0) is 21.0. The smallest absolute Gasteiger partial charge is 0.386 e. The van der Waals surface area contributed by atoms with Crippen molar-refractivity contribution >= 4 is 27.4 Å². The molecule has 29 heavy (non-hydrogen) atoms. The lowest BCUT2D eigenvalue weighted by Gasteiger charge is -2.14. The summed E-state index contributed by atoms with van der Waals surface area (Å²) in [5.74, 6) is 0.324. The van der Waals surface area contributed by atoms with E-state index in [0.29, 0.717) is 12.5 Å². The number of guanidine groups is 1. The Kier molecular flexibility index (Phi) is 6.43. The van der Waals surface area contributed by atoms with Crippen LogP contribution >= 0.6 is 11.3 Å². The van der Waals surface area contributed by atoms with Gasteiger partial charge in [-0.25, -0.2) is 4.99 Å². The van der Waals surface area contributed by atoms with Gasteiger partial charge in [-0.3, -0.25) is 4.68 Å². The summed E-state index contributed by atoms with van der Waals surface area (Å²) >= 11 is 1.50. The van der Waals surface area contributed by atoms with E-state index in [0.717, 1.165) is 19.6 Å². The molecule has 0 spiro atoms. The number of hydrogen-bond donors (Lipinski definition) is 3. The Morgan fingerprint density at radius 3 is 2.76 bits per heavy atom. The quantitative estimate of drug-likeness (QED) is 0.418. The molecule has 0 saturated heterocycles. The molecule has 0 amide bonds. The summed E-state index contributed by atoms with van der Waals surface area (Å²) in [6.07, 6.45) is -3.99. The molecule has 2 heterocycles. The van der Waals surface area contributed by atoms with Crippen LogP contribution in [0.3, 0.4) is 0 Å². The SMILES string of the molecule is CCNC(=NCc1cn(C)nc1C(F)(F)F)NCC(O)c1cc2ccccc2s1. The van der Waals surface area contributed by atoms with E-state index in [9.17, 15) is 18.3 Å². The van der Waals surface area contributed by atoms with Crippen molar-refractivity contribution in [3.8, 4) is 0 Å². The third-order valence-corrected chi connectivity index (χ3v) is 5.38. The predicted octanol–water partition coefficient (Wildman–Crippen LogP) is 3.44. The highest BCUT2D eigenvalue weighted by molar-refractivity contribution is 7.19. The van der Waals surface area contributed by atoms with Gasteiger partial charge in [0.2, 0.25) is 0 Å². The van der Waals surface area contributed by atoms with E-state index in [2.05, 4.69) is 20.7 Å². The van der Waals surface area contributed by atoms with E-state index in [1.54, 1.807) is 0 Å². The van der Waals surface area contributed by atoms with Gasteiger partial charge in [-0.2, -0.15) is 18.3 Å². The first-order valence-electron chi connectivity index (χ1n) is 9.06. The molecule has 0 saturated carbocycles. The van der Waals surface area contributed by atoms with E-state index in [4.69, 9.17) is 0 Å². The Hall–Kier alpha value is -2.59. The summed E-state index contributed by atoms with van der Waals surface area (Å²) in [6, 6.07) is 9.78. The first-order valence-corrected chi connectivity index (χ1v) is 9.88. The van der Waals surface area contributed by atoms with Gasteiger partial charge in [0.25, 0.3) is 0 Å². The van der Waals surface area contributed by atoms with E-state index < -0.39 is 18.0 Å². The number of aryl methyl sites for hydroxylation is 1. The van der Waals surface area contributed by atoms with Crippen LogP contribution in [0.1, 0.15) is 29.2 Å². The third-order valence-electron chi connectivity index (χ3n) is 4.16. The summed E-state index contributed by atoms with van der Waals surface area (Å²) in [7, 11) is 1.44. The highest BCUT2D eigenvalue weighted by atomic mass is 32.1. The number of alkyl halides is 3. The van der Waals surface area contributed by atoms with E-state index in [1.165, 1.54) is 24.6 Å². The molecular formula is C19H22F3N5OS. The fourth-order valence-electron chi connectivity index (χ4n) is 2.86. The molecule has 3 aromatic rings. The number of nitrogens with zero attached hydrogens (tertiary/aromatic N) is 3. The number of rotatable bonds is 6. The monoisotopic (exact) mass is 425 g/mol. The standard InChI is InChI=1S/C19H22F3N5OS/c1-3-23-18(24-9-13-11-27(2)26-17(13)19(20,21)22)25-10-14(28)16-8-12-6-4-5-7-15(12)29-16/h4-8,11,14,28H,3,9-10H2,1-2H3,(H2,23,24,25). The van der Waals surface area contributed by atoms with Crippen LogP contribution in [0.15, 0.2) is 41.5 Å². The fourth-order valence-corrected chi connectivity index (χ4v) is 3.91. The fraction of sp³-hybridized carbons (Fsp3) is 0.368. The van der Waals surface area contributed by atoms with Gasteiger partial charge in [-0.1, -0.05) is 18.2 Å². The minimum Gasteiger partial charge on any atom is -0.386 e. The second-order valence-corrected chi connectivity index (χ2v) is 7.57. The van der Waals surface area contributed by atoms with Gasteiger partial charge in [-0.15, -0.1) is 11.3 Å². The Balaban J connectivity index is 1.68. The average Bonchev–Trinajstić information content (AvgIpc) is 3.26. The predicted molar refractivity (Wildman–Crippen MR) is 108 cm³/mol. The molecule has 0 bridgehead atoms. The van der Waals surface area contributed by atoms with E-state index >= 15 is 0 Å². The van der Waals surface area contributed by atoms with Crippen LogP contribution in [0.2, 0.25) is 0 Å². The van der Waals surface area contributed by atoms with Gasteiger partial charge in [0.15, 0.2) is 11.7 Å². The number of aromatic nitrogens is 2. The number of halogens is 3. The molecule has 6 nitrogen and oxygen atoms in total. The van der Waals surface area contributed by atoms with Crippen molar-refractivity contribution in [1.29, 1.82) is 0 Å². The van der Waals surface area contributed by atoms with Crippen LogP contribution in [-0.2, 0) is 19.8 Å². The minimum atomic E-state index is -4.53. The first-order chi connectivity index (χ1) is 13.8. The molecule has 1 aromatic carbocycles. The van der Waals surface area contributed by atoms with Gasteiger partial charge < -0.3 is 15.7 Å². The topological polar surface area (TPSA) is 74.5 Å². The number of aliphatic hydroxyl groups excluding tert-OH is 1. The van der Waals surface area contributed by atoms with Crippen molar-refractivity contribution < 1.29 is 18.3 Å². The summed E-state index contributed by atoms with van der Waals surface area (Å²) < 4.78 is 41.4. The van der Waals surface area contributed by atoms with Gasteiger partial charge in [-0.05, 0) is 24.4 Å². The lowest BCUT2D eigenvalue weighted by atomic mass is 10.2. The summed E-state index contributed by atoms with van der Waals surface area (Å²) in [6.45, 7) is 2.38. The zero-order valence-electron chi connectivity index (χ0n) is 16.0. The molecule has 10 heteroatoms. The Morgan fingerprint density at radius 1 is 1.31 bits per heavy atom. The van der Waals surface area contributed by atoms with Gasteiger partial charge in [0.05, 0.1) is 6.54 Å². The number of aliphatic imine (C=N–C) groups is 1. The van der Waals surface area contributed by atoms with Crippen molar-refractivity contribution in [2.75, 3.05) is 13.1 Å². The number of thiophene rings is 1. The molecular weight excluding hydrogens is 403 g/mol. The van der Waals surface area contributed by atoms with Crippen molar-refractivity contribution in [3.05, 3.63) is 52.7 Å². The molecule has 0 aliphatic rings. The second-order valence-electron chi connectivity index (χ2n) is 6.45. The van der Waals surface area contributed by atoms with Crippen molar-refractivity contribution in [2.45, 2.75) is 25.7 Å². The van der Waals surface area contributed by atoms with Gasteiger partial charge >= 0.3 is 6.18 Å².